The van der Waals surface area contributed by atoms with Crippen molar-refractivity contribution in [3.8, 4) is 0 Å². The van der Waals surface area contributed by atoms with Crippen LogP contribution in [0, 0.1) is 11.8 Å². The van der Waals surface area contributed by atoms with Gasteiger partial charge < -0.3 is 14.2 Å². The lowest BCUT2D eigenvalue weighted by Gasteiger charge is -2.18. The van der Waals surface area contributed by atoms with E-state index in [0.717, 1.165) is 69.6 Å². The van der Waals surface area contributed by atoms with E-state index in [-0.39, 0.29) is 31.1 Å². The average molecular weight is 849 g/mol. The van der Waals surface area contributed by atoms with Gasteiger partial charge in [0.1, 0.15) is 13.2 Å². The lowest BCUT2D eigenvalue weighted by Crippen LogP contribution is -2.30. The molecule has 6 nitrogen and oxygen atoms in total. The Kier molecular flexibility index (Phi) is 45.7. The van der Waals surface area contributed by atoms with E-state index >= 15 is 0 Å². The summed E-state index contributed by atoms with van der Waals surface area (Å²) < 4.78 is 16.8. The van der Waals surface area contributed by atoms with E-state index in [1.807, 2.05) is 0 Å². The molecule has 0 amide bonds. The largest absolute Gasteiger partial charge is 0.462 e. The molecule has 0 saturated heterocycles. The SMILES string of the molecule is CCCCCCCCCCCCCCCCCCCC(=O)OC[C@H](COC(=O)CCCCCCCCCCCCC(C)C)OC(=O)CCCCCCCCCCC(C)CC. The zero-order valence-electron chi connectivity index (χ0n) is 41.1. The van der Waals surface area contributed by atoms with Crippen molar-refractivity contribution in [3.63, 3.8) is 0 Å². The van der Waals surface area contributed by atoms with Crippen LogP contribution in [0.5, 0.6) is 0 Å². The van der Waals surface area contributed by atoms with Gasteiger partial charge in [-0.15, -0.1) is 0 Å². The van der Waals surface area contributed by atoms with Crippen molar-refractivity contribution in [3.05, 3.63) is 0 Å². The van der Waals surface area contributed by atoms with E-state index in [0.29, 0.717) is 19.3 Å². The highest BCUT2D eigenvalue weighted by molar-refractivity contribution is 5.71. The third-order valence-electron chi connectivity index (χ3n) is 12.6. The third kappa shape index (κ3) is 45.9. The first-order valence-electron chi connectivity index (χ1n) is 26.8. The van der Waals surface area contributed by atoms with Crippen molar-refractivity contribution in [2.45, 2.75) is 304 Å². The molecule has 0 aromatic carbocycles. The smallest absolute Gasteiger partial charge is 0.306 e. The standard InChI is InChI=1S/C54H104O6/c1-6-8-9-10-11-12-13-14-15-16-17-18-19-23-29-34-39-44-52(55)58-47-51(60-54(57)46-41-36-31-26-25-28-33-38-43-50(5)7-2)48-59-53(56)45-40-35-30-24-21-20-22-27-32-37-42-49(3)4/h49-51H,6-48H2,1-5H3/t50?,51-/m1/s1. The Morgan fingerprint density at radius 1 is 0.350 bits per heavy atom. The van der Waals surface area contributed by atoms with Gasteiger partial charge in [0.15, 0.2) is 6.10 Å². The summed E-state index contributed by atoms with van der Waals surface area (Å²) in [4.78, 5) is 38.0. The number of carbonyl (C=O) groups is 3. The number of unbranched alkanes of at least 4 members (excludes halogenated alkanes) is 32. The zero-order chi connectivity index (χ0) is 44.0. The Hall–Kier alpha value is -1.59. The topological polar surface area (TPSA) is 78.9 Å². The lowest BCUT2D eigenvalue weighted by atomic mass is 9.99. The van der Waals surface area contributed by atoms with Crippen LogP contribution in [-0.2, 0) is 28.6 Å². The fourth-order valence-electron chi connectivity index (χ4n) is 8.13. The first kappa shape index (κ1) is 58.4. The summed E-state index contributed by atoms with van der Waals surface area (Å²) in [5.74, 6) is 0.815. The van der Waals surface area contributed by atoms with Gasteiger partial charge in [-0.05, 0) is 31.1 Å². The summed E-state index contributed by atoms with van der Waals surface area (Å²) in [6.07, 6.45) is 48.0. The van der Waals surface area contributed by atoms with Crippen LogP contribution in [0.3, 0.4) is 0 Å². The zero-order valence-corrected chi connectivity index (χ0v) is 41.1. The molecular weight excluding hydrogens is 745 g/mol. The van der Waals surface area contributed by atoms with Crippen molar-refractivity contribution in [2.75, 3.05) is 13.2 Å². The maximum Gasteiger partial charge on any atom is 0.306 e. The lowest BCUT2D eigenvalue weighted by molar-refractivity contribution is -0.167. The van der Waals surface area contributed by atoms with Gasteiger partial charge in [0.2, 0.25) is 0 Å². The van der Waals surface area contributed by atoms with Crippen molar-refractivity contribution in [1.82, 2.24) is 0 Å². The molecule has 6 heteroatoms. The quantitative estimate of drug-likeness (QED) is 0.0345. The molecular formula is C54H104O6. The van der Waals surface area contributed by atoms with E-state index in [1.165, 1.54) is 186 Å². The normalized spacial score (nSPS) is 12.5. The van der Waals surface area contributed by atoms with Crippen molar-refractivity contribution < 1.29 is 28.6 Å². The van der Waals surface area contributed by atoms with Crippen LogP contribution in [0.25, 0.3) is 0 Å². The summed E-state index contributed by atoms with van der Waals surface area (Å²) in [5, 5.41) is 0. The molecule has 0 fully saturated rings. The molecule has 0 aliphatic carbocycles. The fourth-order valence-corrected chi connectivity index (χ4v) is 8.13. The van der Waals surface area contributed by atoms with Gasteiger partial charge in [-0.25, -0.2) is 0 Å². The maximum absolute atomic E-state index is 12.8. The number of rotatable bonds is 48. The molecule has 0 rings (SSSR count). The van der Waals surface area contributed by atoms with Gasteiger partial charge in [0, 0.05) is 19.3 Å². The molecule has 2 atom stereocenters. The maximum atomic E-state index is 12.8. The highest BCUT2D eigenvalue weighted by atomic mass is 16.6. The van der Waals surface area contributed by atoms with Crippen molar-refractivity contribution in [2.24, 2.45) is 11.8 Å². The van der Waals surface area contributed by atoms with Crippen LogP contribution < -0.4 is 0 Å². The summed E-state index contributed by atoms with van der Waals surface area (Å²) in [7, 11) is 0. The number of carbonyl (C=O) groups excluding carboxylic acids is 3. The molecule has 0 radical (unpaired) electrons. The Labute approximate surface area is 374 Å². The molecule has 0 saturated carbocycles. The Morgan fingerprint density at radius 3 is 0.950 bits per heavy atom. The third-order valence-corrected chi connectivity index (χ3v) is 12.6. The van der Waals surface area contributed by atoms with Gasteiger partial charge in [-0.1, -0.05) is 259 Å². The predicted octanol–water partition coefficient (Wildman–Crippen LogP) is 17.3. The monoisotopic (exact) mass is 849 g/mol. The van der Waals surface area contributed by atoms with Crippen LogP contribution in [0.2, 0.25) is 0 Å². The molecule has 0 bridgehead atoms. The fraction of sp³-hybridized carbons (Fsp3) is 0.944. The Bertz CT molecular complexity index is 918. The molecule has 0 aromatic heterocycles. The summed E-state index contributed by atoms with van der Waals surface area (Å²) >= 11 is 0. The summed E-state index contributed by atoms with van der Waals surface area (Å²) in [5.41, 5.74) is 0. The molecule has 0 aliphatic rings. The van der Waals surface area contributed by atoms with Crippen LogP contribution in [0.4, 0.5) is 0 Å². The van der Waals surface area contributed by atoms with E-state index in [4.69, 9.17) is 14.2 Å². The second-order valence-corrected chi connectivity index (χ2v) is 19.2. The molecule has 0 spiro atoms. The van der Waals surface area contributed by atoms with Crippen LogP contribution >= 0.6 is 0 Å². The first-order chi connectivity index (χ1) is 29.3. The Morgan fingerprint density at radius 2 is 0.633 bits per heavy atom. The highest BCUT2D eigenvalue weighted by Crippen LogP contribution is 2.18. The number of hydrogen-bond acceptors (Lipinski definition) is 6. The van der Waals surface area contributed by atoms with Gasteiger partial charge in [-0.2, -0.15) is 0 Å². The molecule has 356 valence electrons. The minimum atomic E-state index is -0.762. The number of ether oxygens (including phenoxy) is 3. The second-order valence-electron chi connectivity index (χ2n) is 19.2. The number of hydrogen-bond donors (Lipinski definition) is 0. The van der Waals surface area contributed by atoms with Gasteiger partial charge >= 0.3 is 17.9 Å². The highest BCUT2D eigenvalue weighted by Gasteiger charge is 2.19. The van der Waals surface area contributed by atoms with Crippen LogP contribution in [0.1, 0.15) is 298 Å². The average Bonchev–Trinajstić information content (AvgIpc) is 3.23. The second kappa shape index (κ2) is 46.9. The Balaban J connectivity index is 4.29. The summed E-state index contributed by atoms with van der Waals surface area (Å²) in [6, 6.07) is 0. The van der Waals surface area contributed by atoms with Gasteiger partial charge in [0.05, 0.1) is 0 Å². The number of esters is 3. The van der Waals surface area contributed by atoms with E-state index in [2.05, 4.69) is 34.6 Å². The van der Waals surface area contributed by atoms with Crippen LogP contribution in [0.15, 0.2) is 0 Å². The van der Waals surface area contributed by atoms with E-state index in [9.17, 15) is 14.4 Å². The minimum Gasteiger partial charge on any atom is -0.462 e. The van der Waals surface area contributed by atoms with Gasteiger partial charge in [0.25, 0.3) is 0 Å². The van der Waals surface area contributed by atoms with Crippen molar-refractivity contribution >= 4 is 17.9 Å². The predicted molar refractivity (Wildman–Crippen MR) is 256 cm³/mol. The van der Waals surface area contributed by atoms with Gasteiger partial charge in [-0.3, -0.25) is 14.4 Å². The molecule has 0 aliphatic heterocycles. The molecule has 1 unspecified atom stereocenters. The minimum absolute atomic E-state index is 0.0639. The summed E-state index contributed by atoms with van der Waals surface area (Å²) in [6.45, 7) is 11.4. The van der Waals surface area contributed by atoms with Crippen LogP contribution in [-0.4, -0.2) is 37.2 Å². The molecule has 0 heterocycles. The van der Waals surface area contributed by atoms with E-state index in [1.54, 1.807) is 0 Å². The molecule has 60 heavy (non-hydrogen) atoms. The van der Waals surface area contributed by atoms with E-state index < -0.39 is 6.10 Å². The molecule has 0 N–H and O–H groups in total. The molecule has 0 aromatic rings. The first-order valence-corrected chi connectivity index (χ1v) is 26.8. The van der Waals surface area contributed by atoms with Crippen molar-refractivity contribution in [1.29, 1.82) is 0 Å².